The predicted octanol–water partition coefficient (Wildman–Crippen LogP) is 3.69. The standard InChI is InChI=1S/C19H14F3N3O3/c20-19(21,22)13-1-6-18(27)25(11-13)12-17(26)24-14-2-4-15(5-3-14)28-16-7-9-23-10-8-16/h1-11H,12H2,(H,24,26). The summed E-state index contributed by atoms with van der Waals surface area (Å²) in [5.41, 5.74) is -1.30. The minimum atomic E-state index is -4.60. The van der Waals surface area contributed by atoms with E-state index in [2.05, 4.69) is 10.3 Å². The number of anilines is 1. The molecule has 0 aliphatic heterocycles. The van der Waals surface area contributed by atoms with Crippen molar-refractivity contribution in [3.8, 4) is 11.5 Å². The van der Waals surface area contributed by atoms with Gasteiger partial charge in [0.2, 0.25) is 5.91 Å². The Bertz CT molecular complexity index is 1020. The Morgan fingerprint density at radius 3 is 2.29 bits per heavy atom. The molecular weight excluding hydrogens is 375 g/mol. The zero-order valence-electron chi connectivity index (χ0n) is 14.3. The fraction of sp³-hybridized carbons (Fsp3) is 0.105. The van der Waals surface area contributed by atoms with Crippen molar-refractivity contribution in [2.45, 2.75) is 12.7 Å². The number of rotatable bonds is 5. The largest absolute Gasteiger partial charge is 0.457 e. The maximum Gasteiger partial charge on any atom is 0.417 e. The van der Waals surface area contributed by atoms with Crippen molar-refractivity contribution in [2.75, 3.05) is 5.32 Å². The summed E-state index contributed by atoms with van der Waals surface area (Å²) in [6, 6.07) is 11.2. The first-order chi connectivity index (χ1) is 13.3. The van der Waals surface area contributed by atoms with Gasteiger partial charge in [0, 0.05) is 30.3 Å². The first kappa shape index (κ1) is 19.2. The van der Waals surface area contributed by atoms with E-state index < -0.39 is 29.8 Å². The topological polar surface area (TPSA) is 73.2 Å². The second kappa shape index (κ2) is 7.95. The van der Waals surface area contributed by atoms with Crippen LogP contribution in [-0.2, 0) is 17.5 Å². The van der Waals surface area contributed by atoms with E-state index in [9.17, 15) is 22.8 Å². The van der Waals surface area contributed by atoms with Crippen molar-refractivity contribution in [2.24, 2.45) is 0 Å². The Balaban J connectivity index is 1.64. The minimum Gasteiger partial charge on any atom is -0.457 e. The normalized spacial score (nSPS) is 11.1. The summed E-state index contributed by atoms with van der Waals surface area (Å²) in [5, 5.41) is 2.52. The van der Waals surface area contributed by atoms with Gasteiger partial charge < -0.3 is 14.6 Å². The molecule has 0 saturated carbocycles. The number of benzene rings is 1. The summed E-state index contributed by atoms with van der Waals surface area (Å²) < 4.78 is 44.5. The van der Waals surface area contributed by atoms with Crippen LogP contribution in [0.4, 0.5) is 18.9 Å². The summed E-state index contributed by atoms with van der Waals surface area (Å²) in [6.07, 6.45) is -0.816. The van der Waals surface area contributed by atoms with Crippen LogP contribution in [0.1, 0.15) is 5.56 Å². The monoisotopic (exact) mass is 389 g/mol. The third-order valence-electron chi connectivity index (χ3n) is 3.65. The van der Waals surface area contributed by atoms with Crippen LogP contribution in [-0.4, -0.2) is 15.5 Å². The van der Waals surface area contributed by atoms with Crippen molar-refractivity contribution in [3.05, 3.63) is 83.0 Å². The number of nitrogens with zero attached hydrogens (tertiary/aromatic N) is 2. The molecule has 28 heavy (non-hydrogen) atoms. The number of pyridine rings is 2. The molecule has 144 valence electrons. The van der Waals surface area contributed by atoms with Crippen LogP contribution in [0.25, 0.3) is 0 Å². The molecule has 6 nitrogen and oxygen atoms in total. The smallest absolute Gasteiger partial charge is 0.417 e. The van der Waals surface area contributed by atoms with E-state index in [0.717, 1.165) is 6.07 Å². The Kier molecular flexibility index (Phi) is 5.44. The van der Waals surface area contributed by atoms with Gasteiger partial charge in [-0.25, -0.2) is 0 Å². The summed E-state index contributed by atoms with van der Waals surface area (Å²) in [5.74, 6) is 0.484. The second-order valence-electron chi connectivity index (χ2n) is 5.74. The van der Waals surface area contributed by atoms with Crippen LogP contribution in [0.15, 0.2) is 71.9 Å². The molecule has 2 aromatic heterocycles. The molecule has 0 unspecified atom stereocenters. The van der Waals surface area contributed by atoms with Gasteiger partial charge in [0.05, 0.1) is 5.56 Å². The van der Waals surface area contributed by atoms with Gasteiger partial charge in [-0.2, -0.15) is 13.2 Å². The van der Waals surface area contributed by atoms with Crippen molar-refractivity contribution >= 4 is 11.6 Å². The number of ether oxygens (including phenoxy) is 1. The fourth-order valence-electron chi connectivity index (χ4n) is 2.33. The van der Waals surface area contributed by atoms with Crippen LogP contribution in [0.5, 0.6) is 11.5 Å². The highest BCUT2D eigenvalue weighted by Gasteiger charge is 2.31. The van der Waals surface area contributed by atoms with Crippen molar-refractivity contribution in [1.29, 1.82) is 0 Å². The third kappa shape index (κ3) is 4.97. The molecule has 1 N–H and O–H groups in total. The van der Waals surface area contributed by atoms with Crippen LogP contribution in [0, 0.1) is 0 Å². The van der Waals surface area contributed by atoms with Crippen LogP contribution < -0.4 is 15.6 Å². The Morgan fingerprint density at radius 2 is 1.64 bits per heavy atom. The molecule has 9 heteroatoms. The van der Waals surface area contributed by atoms with Gasteiger partial charge in [0.1, 0.15) is 18.0 Å². The number of alkyl halides is 3. The molecule has 0 bridgehead atoms. The highest BCUT2D eigenvalue weighted by molar-refractivity contribution is 5.90. The highest BCUT2D eigenvalue weighted by Crippen LogP contribution is 2.28. The number of carbonyl (C=O) groups is 1. The second-order valence-corrected chi connectivity index (χ2v) is 5.74. The van der Waals surface area contributed by atoms with Gasteiger partial charge in [-0.3, -0.25) is 14.6 Å². The highest BCUT2D eigenvalue weighted by atomic mass is 19.4. The maximum atomic E-state index is 12.7. The molecule has 0 spiro atoms. The number of carbonyl (C=O) groups excluding carboxylic acids is 1. The molecular formula is C19H14F3N3O3. The average molecular weight is 389 g/mol. The van der Waals surface area contributed by atoms with E-state index in [4.69, 9.17) is 4.74 Å². The van der Waals surface area contributed by atoms with Gasteiger partial charge in [-0.15, -0.1) is 0 Å². The molecule has 1 aromatic carbocycles. The fourth-order valence-corrected chi connectivity index (χ4v) is 2.33. The molecule has 0 aliphatic carbocycles. The van der Waals surface area contributed by atoms with Gasteiger partial charge in [-0.1, -0.05) is 0 Å². The van der Waals surface area contributed by atoms with Gasteiger partial charge in [0.15, 0.2) is 0 Å². The van der Waals surface area contributed by atoms with Gasteiger partial charge >= 0.3 is 6.18 Å². The minimum absolute atomic E-state index is 0.409. The first-order valence-electron chi connectivity index (χ1n) is 8.07. The average Bonchev–Trinajstić information content (AvgIpc) is 2.65. The van der Waals surface area contributed by atoms with Crippen molar-refractivity contribution < 1.29 is 22.7 Å². The molecule has 2 heterocycles. The van der Waals surface area contributed by atoms with E-state index in [0.29, 0.717) is 34.0 Å². The summed E-state index contributed by atoms with van der Waals surface area (Å²) in [7, 11) is 0. The maximum absolute atomic E-state index is 12.7. The molecule has 1 amide bonds. The molecule has 0 radical (unpaired) electrons. The zero-order chi connectivity index (χ0) is 20.1. The van der Waals surface area contributed by atoms with E-state index in [1.165, 1.54) is 0 Å². The lowest BCUT2D eigenvalue weighted by molar-refractivity contribution is -0.138. The lowest BCUT2D eigenvalue weighted by Gasteiger charge is -2.11. The molecule has 0 aliphatic rings. The first-order valence-corrected chi connectivity index (χ1v) is 8.07. The van der Waals surface area contributed by atoms with E-state index in [1.54, 1.807) is 48.8 Å². The predicted molar refractivity (Wildman–Crippen MR) is 95.1 cm³/mol. The lowest BCUT2D eigenvalue weighted by atomic mass is 10.2. The Morgan fingerprint density at radius 1 is 1.00 bits per heavy atom. The van der Waals surface area contributed by atoms with E-state index in [-0.39, 0.29) is 0 Å². The third-order valence-corrected chi connectivity index (χ3v) is 3.65. The Hall–Kier alpha value is -3.62. The summed E-state index contributed by atoms with van der Waals surface area (Å²) >= 11 is 0. The summed E-state index contributed by atoms with van der Waals surface area (Å²) in [6.45, 7) is -0.544. The van der Waals surface area contributed by atoms with Gasteiger partial charge in [0.25, 0.3) is 5.56 Å². The van der Waals surface area contributed by atoms with E-state index in [1.807, 2.05) is 0 Å². The van der Waals surface area contributed by atoms with Crippen molar-refractivity contribution in [3.63, 3.8) is 0 Å². The lowest BCUT2D eigenvalue weighted by Crippen LogP contribution is -2.28. The Labute approximate surface area is 157 Å². The number of halogens is 3. The SMILES string of the molecule is O=C(Cn1cc(C(F)(F)F)ccc1=O)Nc1ccc(Oc2ccncc2)cc1. The molecule has 0 saturated heterocycles. The zero-order valence-corrected chi connectivity index (χ0v) is 14.3. The van der Waals surface area contributed by atoms with E-state index >= 15 is 0 Å². The van der Waals surface area contributed by atoms with Gasteiger partial charge in [-0.05, 0) is 42.5 Å². The number of nitrogens with one attached hydrogen (secondary N) is 1. The summed E-state index contributed by atoms with van der Waals surface area (Å²) in [4.78, 5) is 27.7. The molecule has 3 rings (SSSR count). The van der Waals surface area contributed by atoms with Crippen LogP contribution in [0.3, 0.4) is 0 Å². The number of aromatic nitrogens is 2. The number of hydrogen-bond acceptors (Lipinski definition) is 4. The number of hydrogen-bond donors (Lipinski definition) is 1. The molecule has 0 fully saturated rings. The molecule has 3 aromatic rings. The number of amides is 1. The molecule has 0 atom stereocenters. The van der Waals surface area contributed by atoms with Crippen LogP contribution in [0.2, 0.25) is 0 Å². The quantitative estimate of drug-likeness (QED) is 0.722. The van der Waals surface area contributed by atoms with Crippen molar-refractivity contribution in [1.82, 2.24) is 9.55 Å². The van der Waals surface area contributed by atoms with Crippen LogP contribution >= 0.6 is 0 Å².